The van der Waals surface area contributed by atoms with Gasteiger partial charge < -0.3 is 20.0 Å². The van der Waals surface area contributed by atoms with Gasteiger partial charge in [-0.1, -0.05) is 0 Å². The minimum atomic E-state index is -0.0628. The van der Waals surface area contributed by atoms with Crippen molar-refractivity contribution in [3.8, 4) is 17.2 Å². The van der Waals surface area contributed by atoms with Crippen LogP contribution in [0, 0.1) is 0 Å². The van der Waals surface area contributed by atoms with Gasteiger partial charge in [0.1, 0.15) is 17.2 Å². The van der Waals surface area contributed by atoms with Crippen LogP contribution in [0.25, 0.3) is 0 Å². The average molecular weight is 298 g/mol. The Balaban J connectivity index is 1.78. The molecule has 1 aliphatic rings. The first-order valence-electron chi connectivity index (χ1n) is 7.04. The second-order valence-corrected chi connectivity index (χ2v) is 5.10. The van der Waals surface area contributed by atoms with Crippen LogP contribution >= 0.6 is 0 Å². The Labute approximate surface area is 129 Å². The lowest BCUT2D eigenvalue weighted by molar-refractivity contribution is 0.408. The second kappa shape index (κ2) is 5.97. The molecule has 2 N–H and O–H groups in total. The molecule has 0 radical (unpaired) electrons. The molecule has 2 aromatic rings. The Hall–Kier alpha value is -2.69. The Morgan fingerprint density at radius 2 is 1.73 bits per heavy atom. The number of nitrogens with zero attached hydrogens (tertiary/aromatic N) is 1. The zero-order valence-corrected chi connectivity index (χ0v) is 12.5. The molecule has 22 heavy (non-hydrogen) atoms. The molecular weight excluding hydrogens is 280 g/mol. The van der Waals surface area contributed by atoms with E-state index in [4.69, 9.17) is 9.47 Å². The summed E-state index contributed by atoms with van der Waals surface area (Å²) in [7, 11) is 3.25. The van der Waals surface area contributed by atoms with E-state index in [1.165, 1.54) is 0 Å². The van der Waals surface area contributed by atoms with Crippen molar-refractivity contribution in [2.24, 2.45) is 5.10 Å². The number of aromatic hydroxyl groups is 1. The molecule has 0 aliphatic carbocycles. The molecule has 5 heteroatoms. The van der Waals surface area contributed by atoms with Crippen molar-refractivity contribution < 1.29 is 14.6 Å². The third kappa shape index (κ3) is 2.70. The van der Waals surface area contributed by atoms with E-state index < -0.39 is 0 Å². The van der Waals surface area contributed by atoms with E-state index in [9.17, 15) is 5.11 Å². The van der Waals surface area contributed by atoms with Gasteiger partial charge in [0.25, 0.3) is 0 Å². The largest absolute Gasteiger partial charge is 0.508 e. The van der Waals surface area contributed by atoms with Crippen LogP contribution in [0.2, 0.25) is 0 Å². The summed E-state index contributed by atoms with van der Waals surface area (Å²) in [6.07, 6.45) is 0.701. The first-order chi connectivity index (χ1) is 10.7. The van der Waals surface area contributed by atoms with Crippen molar-refractivity contribution >= 4 is 5.71 Å². The molecule has 0 amide bonds. The summed E-state index contributed by atoms with van der Waals surface area (Å²) in [5.41, 5.74) is 5.86. The standard InChI is InChI=1S/C17H18N2O3/c1-21-12-5-3-11(4-6-12)15-10-16(19-18-15)14-9-13(22-2)7-8-17(14)20/h3-9,16,19-20H,10H2,1-2H3/t16-/m1/s1. The van der Waals surface area contributed by atoms with Gasteiger partial charge in [-0.25, -0.2) is 0 Å². The molecule has 0 saturated heterocycles. The van der Waals surface area contributed by atoms with E-state index >= 15 is 0 Å². The number of phenols is 1. The molecule has 0 bridgehead atoms. The predicted octanol–water partition coefficient (Wildman–Crippen LogP) is 2.85. The number of hydrogen-bond acceptors (Lipinski definition) is 5. The maximum atomic E-state index is 10.1. The van der Waals surface area contributed by atoms with Crippen LogP contribution < -0.4 is 14.9 Å². The Morgan fingerprint density at radius 3 is 2.41 bits per heavy atom. The zero-order valence-electron chi connectivity index (χ0n) is 12.5. The molecule has 114 valence electrons. The number of hydrazone groups is 1. The van der Waals surface area contributed by atoms with E-state index in [-0.39, 0.29) is 11.8 Å². The van der Waals surface area contributed by atoms with Crippen LogP contribution in [-0.4, -0.2) is 25.0 Å². The van der Waals surface area contributed by atoms with Crippen LogP contribution in [-0.2, 0) is 0 Å². The molecule has 0 saturated carbocycles. The van der Waals surface area contributed by atoms with Crippen LogP contribution in [0.5, 0.6) is 17.2 Å². The highest BCUT2D eigenvalue weighted by Gasteiger charge is 2.24. The SMILES string of the molecule is COc1ccc(C2=NN[C@@H](c3cc(OC)ccc3O)C2)cc1. The minimum Gasteiger partial charge on any atom is -0.508 e. The number of benzene rings is 2. The molecule has 0 unspecified atom stereocenters. The molecule has 1 aliphatic heterocycles. The molecule has 1 atom stereocenters. The number of rotatable bonds is 4. The Bertz CT molecular complexity index is 696. The normalized spacial score (nSPS) is 16.8. The van der Waals surface area contributed by atoms with Gasteiger partial charge in [0.15, 0.2) is 0 Å². The quantitative estimate of drug-likeness (QED) is 0.911. The van der Waals surface area contributed by atoms with Crippen LogP contribution in [0.4, 0.5) is 0 Å². The summed E-state index contributed by atoms with van der Waals surface area (Å²) in [6, 6.07) is 12.9. The molecule has 3 rings (SSSR count). The van der Waals surface area contributed by atoms with E-state index in [0.29, 0.717) is 12.2 Å². The molecule has 0 aromatic heterocycles. The monoisotopic (exact) mass is 298 g/mol. The fourth-order valence-corrected chi connectivity index (χ4v) is 2.52. The van der Waals surface area contributed by atoms with Crippen molar-refractivity contribution in [1.82, 2.24) is 5.43 Å². The van der Waals surface area contributed by atoms with Crippen molar-refractivity contribution in [2.75, 3.05) is 14.2 Å². The maximum absolute atomic E-state index is 10.1. The van der Waals surface area contributed by atoms with Crippen molar-refractivity contribution in [3.63, 3.8) is 0 Å². The predicted molar refractivity (Wildman–Crippen MR) is 84.7 cm³/mol. The summed E-state index contributed by atoms with van der Waals surface area (Å²) in [6.45, 7) is 0. The molecule has 0 spiro atoms. The number of ether oxygens (including phenoxy) is 2. The van der Waals surface area contributed by atoms with E-state index in [1.807, 2.05) is 30.3 Å². The first kappa shape index (κ1) is 14.3. The van der Waals surface area contributed by atoms with Crippen molar-refractivity contribution in [3.05, 3.63) is 53.6 Å². The fourth-order valence-electron chi connectivity index (χ4n) is 2.52. The van der Waals surface area contributed by atoms with Crippen LogP contribution in [0.3, 0.4) is 0 Å². The lowest BCUT2D eigenvalue weighted by Gasteiger charge is -2.13. The molecule has 2 aromatic carbocycles. The number of hydrogen-bond donors (Lipinski definition) is 2. The first-order valence-corrected chi connectivity index (χ1v) is 7.04. The maximum Gasteiger partial charge on any atom is 0.121 e. The van der Waals surface area contributed by atoms with E-state index in [0.717, 1.165) is 22.6 Å². The van der Waals surface area contributed by atoms with E-state index in [2.05, 4.69) is 10.5 Å². The molecule has 1 heterocycles. The summed E-state index contributed by atoms with van der Waals surface area (Å²) < 4.78 is 10.4. The van der Waals surface area contributed by atoms with Gasteiger partial charge in [-0.15, -0.1) is 0 Å². The van der Waals surface area contributed by atoms with Gasteiger partial charge >= 0.3 is 0 Å². The Morgan fingerprint density at radius 1 is 1.05 bits per heavy atom. The van der Waals surface area contributed by atoms with Crippen molar-refractivity contribution in [1.29, 1.82) is 0 Å². The summed E-state index contributed by atoms with van der Waals surface area (Å²) >= 11 is 0. The number of nitrogens with one attached hydrogen (secondary N) is 1. The number of phenolic OH excluding ortho intramolecular Hbond substituents is 1. The van der Waals surface area contributed by atoms with Crippen molar-refractivity contribution in [2.45, 2.75) is 12.5 Å². The highest BCUT2D eigenvalue weighted by Crippen LogP contribution is 2.33. The van der Waals surface area contributed by atoms with Gasteiger partial charge in [0, 0.05) is 12.0 Å². The van der Waals surface area contributed by atoms with E-state index in [1.54, 1.807) is 26.4 Å². The van der Waals surface area contributed by atoms with Gasteiger partial charge in [0.2, 0.25) is 0 Å². The lowest BCUT2D eigenvalue weighted by Crippen LogP contribution is -2.10. The smallest absolute Gasteiger partial charge is 0.121 e. The molecule has 5 nitrogen and oxygen atoms in total. The van der Waals surface area contributed by atoms with Gasteiger partial charge in [-0.2, -0.15) is 5.10 Å². The van der Waals surface area contributed by atoms with Crippen LogP contribution in [0.1, 0.15) is 23.6 Å². The summed E-state index contributed by atoms with van der Waals surface area (Å²) in [5.74, 6) is 1.77. The third-order valence-electron chi connectivity index (χ3n) is 3.79. The lowest BCUT2D eigenvalue weighted by atomic mass is 9.98. The van der Waals surface area contributed by atoms with Gasteiger partial charge in [-0.05, 0) is 48.0 Å². The third-order valence-corrected chi connectivity index (χ3v) is 3.79. The Kier molecular flexibility index (Phi) is 3.87. The topological polar surface area (TPSA) is 63.1 Å². The highest BCUT2D eigenvalue weighted by atomic mass is 16.5. The van der Waals surface area contributed by atoms with Gasteiger partial charge in [-0.3, -0.25) is 0 Å². The average Bonchev–Trinajstić information content (AvgIpc) is 3.05. The second-order valence-electron chi connectivity index (χ2n) is 5.10. The fraction of sp³-hybridized carbons (Fsp3) is 0.235. The summed E-state index contributed by atoms with van der Waals surface area (Å²) in [4.78, 5) is 0. The minimum absolute atomic E-state index is 0.0628. The molecule has 0 fully saturated rings. The summed E-state index contributed by atoms with van der Waals surface area (Å²) in [5, 5.41) is 14.4. The van der Waals surface area contributed by atoms with Gasteiger partial charge in [0.05, 0.1) is 26.0 Å². The highest BCUT2D eigenvalue weighted by molar-refractivity contribution is 6.01. The number of methoxy groups -OCH3 is 2. The molecular formula is C17H18N2O3. The van der Waals surface area contributed by atoms with Crippen LogP contribution in [0.15, 0.2) is 47.6 Å². The zero-order chi connectivity index (χ0) is 15.5.